The second-order valence-corrected chi connectivity index (χ2v) is 7.03. The molecule has 1 fully saturated rings. The number of benzene rings is 1. The molecule has 5 nitrogen and oxygen atoms in total. The number of nitrogens with one attached hydrogen (secondary N) is 1. The van der Waals surface area contributed by atoms with Gasteiger partial charge in [-0.05, 0) is 51.2 Å². The summed E-state index contributed by atoms with van der Waals surface area (Å²) < 4.78 is 0. The number of hydrogen-bond acceptors (Lipinski definition) is 3. The molecule has 0 aromatic heterocycles. The molecule has 1 saturated heterocycles. The highest BCUT2D eigenvalue weighted by atomic mass is 35.5. The summed E-state index contributed by atoms with van der Waals surface area (Å²) in [5.74, 6) is 0. The molecule has 0 bridgehead atoms. The Morgan fingerprint density at radius 1 is 1.33 bits per heavy atom. The molecule has 0 radical (unpaired) electrons. The lowest BCUT2D eigenvalue weighted by molar-refractivity contribution is 0.103. The molecule has 1 heterocycles. The fourth-order valence-electron chi connectivity index (χ4n) is 2.99. The molecule has 1 aliphatic rings. The summed E-state index contributed by atoms with van der Waals surface area (Å²) in [6.07, 6.45) is 0. The highest BCUT2D eigenvalue weighted by molar-refractivity contribution is 6.31. The van der Waals surface area contributed by atoms with Crippen LogP contribution in [0.4, 0.5) is 10.5 Å². The maximum absolute atomic E-state index is 12.4. The van der Waals surface area contributed by atoms with Gasteiger partial charge in [-0.25, -0.2) is 4.79 Å². The lowest BCUT2D eigenvalue weighted by atomic mass is 10.2. The van der Waals surface area contributed by atoms with Gasteiger partial charge in [0.1, 0.15) is 0 Å². The Morgan fingerprint density at radius 2 is 2.00 bits per heavy atom. The zero-order valence-corrected chi connectivity index (χ0v) is 15.9. The molecule has 1 aromatic rings. The first kappa shape index (κ1) is 19.0. The first-order valence-electron chi connectivity index (χ1n) is 8.65. The zero-order valence-electron chi connectivity index (χ0n) is 15.2. The molecule has 2 rings (SSSR count). The van der Waals surface area contributed by atoms with Crippen molar-refractivity contribution < 1.29 is 4.79 Å². The number of aryl methyl sites for hydroxylation is 1. The molecule has 1 unspecified atom stereocenters. The second-order valence-electron chi connectivity index (χ2n) is 6.62. The van der Waals surface area contributed by atoms with Gasteiger partial charge in [0.25, 0.3) is 0 Å². The van der Waals surface area contributed by atoms with Crippen LogP contribution in [-0.2, 0) is 0 Å². The van der Waals surface area contributed by atoms with E-state index in [1.54, 1.807) is 0 Å². The van der Waals surface area contributed by atoms with Crippen molar-refractivity contribution in [3.05, 3.63) is 28.8 Å². The van der Waals surface area contributed by atoms with Gasteiger partial charge in [0.2, 0.25) is 0 Å². The van der Waals surface area contributed by atoms with E-state index in [1.165, 1.54) is 0 Å². The number of anilines is 1. The second kappa shape index (κ2) is 8.70. The van der Waals surface area contributed by atoms with Crippen LogP contribution in [0.1, 0.15) is 19.4 Å². The van der Waals surface area contributed by atoms with Gasteiger partial charge in [-0.15, -0.1) is 0 Å². The minimum Gasteiger partial charge on any atom is -0.322 e. The summed E-state index contributed by atoms with van der Waals surface area (Å²) in [6.45, 7) is 11.9. The van der Waals surface area contributed by atoms with E-state index < -0.39 is 0 Å². The van der Waals surface area contributed by atoms with E-state index >= 15 is 0 Å². The fraction of sp³-hybridized carbons (Fsp3) is 0.611. The summed E-state index contributed by atoms with van der Waals surface area (Å²) in [6, 6.07) is 6.04. The first-order chi connectivity index (χ1) is 11.4. The minimum atomic E-state index is -0.0327. The number of rotatable bonds is 5. The zero-order chi connectivity index (χ0) is 17.7. The molecule has 134 valence electrons. The van der Waals surface area contributed by atoms with Crippen molar-refractivity contribution >= 4 is 23.3 Å². The topological polar surface area (TPSA) is 38.8 Å². The predicted octanol–water partition coefficient (Wildman–Crippen LogP) is 3.14. The number of piperazine rings is 1. The van der Waals surface area contributed by atoms with E-state index in [2.05, 4.69) is 36.0 Å². The Bertz CT molecular complexity index is 558. The van der Waals surface area contributed by atoms with Crippen LogP contribution in [0.3, 0.4) is 0 Å². The van der Waals surface area contributed by atoms with Crippen molar-refractivity contribution in [2.75, 3.05) is 51.6 Å². The SMILES string of the molecule is CCN(C)CC(C)N1CCN(C(=O)Nc2ccc(Cl)c(C)c2)CC1. The number of likely N-dealkylation sites (N-methyl/N-ethyl adjacent to an activating group) is 1. The van der Waals surface area contributed by atoms with Crippen molar-refractivity contribution in [3.8, 4) is 0 Å². The van der Waals surface area contributed by atoms with Crippen LogP contribution in [0.25, 0.3) is 0 Å². The van der Waals surface area contributed by atoms with E-state index in [0.717, 1.165) is 50.5 Å². The maximum atomic E-state index is 12.4. The largest absolute Gasteiger partial charge is 0.322 e. The molecule has 1 atom stereocenters. The van der Waals surface area contributed by atoms with Gasteiger partial charge in [-0.2, -0.15) is 0 Å². The van der Waals surface area contributed by atoms with Gasteiger partial charge in [-0.1, -0.05) is 18.5 Å². The molecule has 6 heteroatoms. The number of carbonyl (C=O) groups is 1. The normalized spacial score (nSPS) is 17.2. The van der Waals surface area contributed by atoms with Crippen LogP contribution < -0.4 is 5.32 Å². The number of urea groups is 1. The lowest BCUT2D eigenvalue weighted by Gasteiger charge is -2.39. The molecule has 0 aliphatic carbocycles. The van der Waals surface area contributed by atoms with Crippen molar-refractivity contribution in [1.29, 1.82) is 0 Å². The average Bonchev–Trinajstić information content (AvgIpc) is 2.58. The van der Waals surface area contributed by atoms with Crippen LogP contribution in [0.15, 0.2) is 18.2 Å². The number of halogens is 1. The van der Waals surface area contributed by atoms with E-state index in [1.807, 2.05) is 30.0 Å². The Labute approximate surface area is 150 Å². The van der Waals surface area contributed by atoms with Crippen LogP contribution in [-0.4, -0.2) is 73.1 Å². The smallest absolute Gasteiger partial charge is 0.321 e. The number of hydrogen-bond donors (Lipinski definition) is 1. The molecule has 0 spiro atoms. The van der Waals surface area contributed by atoms with Crippen molar-refractivity contribution in [1.82, 2.24) is 14.7 Å². The van der Waals surface area contributed by atoms with Crippen LogP contribution in [0.5, 0.6) is 0 Å². The highest BCUT2D eigenvalue weighted by Gasteiger charge is 2.24. The Hall–Kier alpha value is -1.30. The summed E-state index contributed by atoms with van der Waals surface area (Å²) in [5.41, 5.74) is 1.76. The first-order valence-corrected chi connectivity index (χ1v) is 9.03. The Balaban J connectivity index is 1.83. The van der Waals surface area contributed by atoms with Gasteiger partial charge in [0, 0.05) is 49.5 Å². The Morgan fingerprint density at radius 3 is 2.58 bits per heavy atom. The third-order valence-corrected chi connectivity index (χ3v) is 5.17. The van der Waals surface area contributed by atoms with E-state index in [4.69, 9.17) is 11.6 Å². The summed E-state index contributed by atoms with van der Waals surface area (Å²) in [7, 11) is 2.15. The monoisotopic (exact) mass is 352 g/mol. The van der Waals surface area contributed by atoms with Crippen LogP contribution in [0, 0.1) is 6.92 Å². The lowest BCUT2D eigenvalue weighted by Crippen LogP contribution is -2.54. The quantitative estimate of drug-likeness (QED) is 0.884. The van der Waals surface area contributed by atoms with Crippen molar-refractivity contribution in [2.45, 2.75) is 26.8 Å². The summed E-state index contributed by atoms with van der Waals surface area (Å²) >= 11 is 6.03. The van der Waals surface area contributed by atoms with Gasteiger partial charge in [-0.3, -0.25) is 4.90 Å². The predicted molar refractivity (Wildman–Crippen MR) is 101 cm³/mol. The van der Waals surface area contributed by atoms with Crippen LogP contribution in [0.2, 0.25) is 5.02 Å². The van der Waals surface area contributed by atoms with Gasteiger partial charge >= 0.3 is 6.03 Å². The van der Waals surface area contributed by atoms with Gasteiger partial charge < -0.3 is 15.1 Å². The van der Waals surface area contributed by atoms with E-state index in [0.29, 0.717) is 11.1 Å². The van der Waals surface area contributed by atoms with Crippen molar-refractivity contribution in [3.63, 3.8) is 0 Å². The number of nitrogens with zero attached hydrogens (tertiary/aromatic N) is 3. The Kier molecular flexibility index (Phi) is 6.90. The third-order valence-electron chi connectivity index (χ3n) is 4.75. The summed E-state index contributed by atoms with van der Waals surface area (Å²) in [5, 5.41) is 3.68. The molecule has 1 aliphatic heterocycles. The standard InChI is InChI=1S/C18H29ClN4O/c1-5-21(4)13-15(3)22-8-10-23(11-9-22)18(24)20-16-6-7-17(19)14(2)12-16/h6-7,12,15H,5,8-11,13H2,1-4H3,(H,20,24). The summed E-state index contributed by atoms with van der Waals surface area (Å²) in [4.78, 5) is 19.1. The third kappa shape index (κ3) is 5.10. The molecule has 24 heavy (non-hydrogen) atoms. The fourth-order valence-corrected chi connectivity index (χ4v) is 3.10. The molecule has 2 amide bonds. The number of amides is 2. The van der Waals surface area contributed by atoms with E-state index in [-0.39, 0.29) is 6.03 Å². The van der Waals surface area contributed by atoms with Crippen LogP contribution >= 0.6 is 11.6 Å². The molecule has 1 aromatic carbocycles. The van der Waals surface area contributed by atoms with E-state index in [9.17, 15) is 4.79 Å². The molecular weight excluding hydrogens is 324 g/mol. The number of carbonyl (C=O) groups excluding carboxylic acids is 1. The molecule has 0 saturated carbocycles. The van der Waals surface area contributed by atoms with Gasteiger partial charge in [0.05, 0.1) is 0 Å². The average molecular weight is 353 g/mol. The molecular formula is C18H29ClN4O. The maximum Gasteiger partial charge on any atom is 0.321 e. The molecule has 1 N–H and O–H groups in total. The highest BCUT2D eigenvalue weighted by Crippen LogP contribution is 2.20. The van der Waals surface area contributed by atoms with Crippen molar-refractivity contribution in [2.24, 2.45) is 0 Å². The van der Waals surface area contributed by atoms with Gasteiger partial charge in [0.15, 0.2) is 0 Å². The minimum absolute atomic E-state index is 0.0327.